The van der Waals surface area contributed by atoms with E-state index >= 15 is 0 Å². The molecule has 0 bridgehead atoms. The average Bonchev–Trinajstić information content (AvgIpc) is 2.54. The summed E-state index contributed by atoms with van der Waals surface area (Å²) in [6.07, 6.45) is 0.935. The van der Waals surface area contributed by atoms with E-state index in [1.807, 2.05) is 23.1 Å². The van der Waals surface area contributed by atoms with Gasteiger partial charge in [-0.05, 0) is 35.7 Å². The summed E-state index contributed by atoms with van der Waals surface area (Å²) in [5.74, 6) is 0.928. The van der Waals surface area contributed by atoms with Gasteiger partial charge in [-0.3, -0.25) is 4.79 Å². The van der Waals surface area contributed by atoms with Gasteiger partial charge in [0, 0.05) is 11.4 Å². The molecule has 21 heavy (non-hydrogen) atoms. The molecule has 2 aliphatic rings. The monoisotopic (exact) mass is 297 g/mol. The summed E-state index contributed by atoms with van der Waals surface area (Å²) in [7, 11) is 1.65. The summed E-state index contributed by atoms with van der Waals surface area (Å²) < 4.78 is 5.28. The van der Waals surface area contributed by atoms with Crippen LogP contribution in [0.25, 0.3) is 0 Å². The lowest BCUT2D eigenvalue weighted by atomic mass is 9.98. The first kappa shape index (κ1) is 12.8. The van der Waals surface area contributed by atoms with Crippen LogP contribution in [0.1, 0.15) is 26.9 Å². The van der Waals surface area contributed by atoms with E-state index in [9.17, 15) is 4.79 Å². The molecule has 2 aliphatic heterocycles. The number of carbonyl (C=O) groups is 1. The Hall–Kier alpha value is -1.94. The minimum absolute atomic E-state index is 0.0852. The lowest BCUT2D eigenvalue weighted by Gasteiger charge is -2.40. The fourth-order valence-corrected chi connectivity index (χ4v) is 4.44. The van der Waals surface area contributed by atoms with Gasteiger partial charge in [-0.15, -0.1) is 0 Å². The molecule has 0 aromatic heterocycles. The van der Waals surface area contributed by atoms with Crippen LogP contribution in [0.5, 0.6) is 5.75 Å². The Morgan fingerprint density at radius 2 is 2.10 bits per heavy atom. The molecule has 0 aliphatic carbocycles. The number of fused-ring (bicyclic) bond motifs is 4. The first-order chi connectivity index (χ1) is 10.3. The summed E-state index contributed by atoms with van der Waals surface area (Å²) in [5, 5.41) is 0.0852. The Morgan fingerprint density at radius 3 is 2.95 bits per heavy atom. The van der Waals surface area contributed by atoms with Crippen molar-refractivity contribution in [1.82, 2.24) is 4.90 Å². The van der Waals surface area contributed by atoms with Crippen LogP contribution in [-0.2, 0) is 6.42 Å². The van der Waals surface area contributed by atoms with Crippen molar-refractivity contribution in [2.45, 2.75) is 16.7 Å². The Kier molecular flexibility index (Phi) is 2.93. The maximum Gasteiger partial charge on any atom is 0.256 e. The summed E-state index contributed by atoms with van der Waals surface area (Å²) in [6, 6.07) is 14.1. The highest BCUT2D eigenvalue weighted by atomic mass is 32.2. The second-order valence-corrected chi connectivity index (χ2v) is 6.40. The highest BCUT2D eigenvalue weighted by Gasteiger charge is 2.37. The van der Waals surface area contributed by atoms with Gasteiger partial charge in [0.1, 0.15) is 11.1 Å². The van der Waals surface area contributed by atoms with E-state index in [4.69, 9.17) is 4.74 Å². The smallest absolute Gasteiger partial charge is 0.256 e. The highest BCUT2D eigenvalue weighted by molar-refractivity contribution is 7.99. The molecule has 0 N–H and O–H groups in total. The van der Waals surface area contributed by atoms with Crippen molar-refractivity contribution in [2.75, 3.05) is 13.7 Å². The molecule has 1 unspecified atom stereocenters. The van der Waals surface area contributed by atoms with Gasteiger partial charge >= 0.3 is 0 Å². The number of benzene rings is 2. The zero-order valence-corrected chi connectivity index (χ0v) is 12.5. The summed E-state index contributed by atoms with van der Waals surface area (Å²) in [5.41, 5.74) is 3.40. The first-order valence-corrected chi connectivity index (χ1v) is 7.89. The standard InChI is InChI=1S/C17H15NO2S/c1-20-12-6-7-14-15(10-12)21-17-13-5-3-2-4-11(13)8-9-18(17)16(14)19/h2-7,10,17H,8-9H2,1H3. The van der Waals surface area contributed by atoms with Gasteiger partial charge < -0.3 is 9.64 Å². The van der Waals surface area contributed by atoms with Crippen LogP contribution in [0.4, 0.5) is 0 Å². The number of hydrogen-bond donors (Lipinski definition) is 0. The Morgan fingerprint density at radius 1 is 1.24 bits per heavy atom. The molecular formula is C17H15NO2S. The van der Waals surface area contributed by atoms with E-state index in [1.165, 1.54) is 11.1 Å². The molecule has 3 nitrogen and oxygen atoms in total. The predicted molar refractivity (Wildman–Crippen MR) is 82.8 cm³/mol. The SMILES string of the molecule is COc1ccc2c(c1)SC1c3ccccc3CCN1C2=O. The minimum Gasteiger partial charge on any atom is -0.497 e. The van der Waals surface area contributed by atoms with Crippen LogP contribution in [-0.4, -0.2) is 24.5 Å². The number of amides is 1. The van der Waals surface area contributed by atoms with E-state index in [1.54, 1.807) is 18.9 Å². The maximum absolute atomic E-state index is 12.7. The maximum atomic E-state index is 12.7. The third kappa shape index (κ3) is 1.94. The molecule has 1 amide bonds. The van der Waals surface area contributed by atoms with Crippen LogP contribution in [0.3, 0.4) is 0 Å². The number of carbonyl (C=O) groups excluding carboxylic acids is 1. The number of methoxy groups -OCH3 is 1. The van der Waals surface area contributed by atoms with Gasteiger partial charge in [0.25, 0.3) is 5.91 Å². The molecule has 4 heteroatoms. The van der Waals surface area contributed by atoms with Crippen LogP contribution in [0, 0.1) is 0 Å². The van der Waals surface area contributed by atoms with Crippen molar-refractivity contribution in [3.63, 3.8) is 0 Å². The van der Waals surface area contributed by atoms with E-state index < -0.39 is 0 Å². The fourth-order valence-electron chi connectivity index (χ4n) is 3.04. The molecule has 4 rings (SSSR count). The van der Waals surface area contributed by atoms with Crippen LogP contribution >= 0.6 is 11.8 Å². The lowest BCUT2D eigenvalue weighted by molar-refractivity contribution is 0.0716. The predicted octanol–water partition coefficient (Wildman–Crippen LogP) is 3.50. The number of hydrogen-bond acceptors (Lipinski definition) is 3. The van der Waals surface area contributed by atoms with E-state index in [0.29, 0.717) is 0 Å². The van der Waals surface area contributed by atoms with Crippen molar-refractivity contribution in [1.29, 1.82) is 0 Å². The zero-order valence-electron chi connectivity index (χ0n) is 11.7. The van der Waals surface area contributed by atoms with Crippen LogP contribution < -0.4 is 4.74 Å². The molecule has 0 spiro atoms. The second kappa shape index (κ2) is 4.81. The van der Waals surface area contributed by atoms with Gasteiger partial charge in [0.05, 0.1) is 12.7 Å². The number of nitrogens with zero attached hydrogens (tertiary/aromatic N) is 1. The molecule has 1 atom stereocenters. The number of ether oxygens (including phenoxy) is 1. The third-order valence-corrected chi connectivity index (χ3v) is 5.47. The minimum atomic E-state index is 0.0852. The fraction of sp³-hybridized carbons (Fsp3) is 0.235. The lowest BCUT2D eigenvalue weighted by Crippen LogP contribution is -2.41. The van der Waals surface area contributed by atoms with Gasteiger partial charge in [0.2, 0.25) is 0 Å². The quantitative estimate of drug-likeness (QED) is 0.807. The zero-order chi connectivity index (χ0) is 14.4. The van der Waals surface area contributed by atoms with Crippen molar-refractivity contribution < 1.29 is 9.53 Å². The molecule has 2 aromatic rings. The molecule has 0 fully saturated rings. The molecule has 0 radical (unpaired) electrons. The first-order valence-electron chi connectivity index (χ1n) is 7.01. The van der Waals surface area contributed by atoms with E-state index in [-0.39, 0.29) is 11.3 Å². The van der Waals surface area contributed by atoms with Gasteiger partial charge in [-0.1, -0.05) is 36.0 Å². The Labute approximate surface area is 127 Å². The Balaban J connectivity index is 1.82. The van der Waals surface area contributed by atoms with E-state index in [2.05, 4.69) is 24.3 Å². The summed E-state index contributed by atoms with van der Waals surface area (Å²) in [4.78, 5) is 15.7. The van der Waals surface area contributed by atoms with Gasteiger partial charge in [0.15, 0.2) is 0 Å². The molecular weight excluding hydrogens is 282 g/mol. The highest BCUT2D eigenvalue weighted by Crippen LogP contribution is 2.48. The van der Waals surface area contributed by atoms with Crippen molar-refractivity contribution in [2.24, 2.45) is 0 Å². The Bertz CT molecular complexity index is 728. The second-order valence-electron chi connectivity index (χ2n) is 5.28. The van der Waals surface area contributed by atoms with Crippen LogP contribution in [0.15, 0.2) is 47.4 Å². The molecule has 0 saturated heterocycles. The largest absolute Gasteiger partial charge is 0.497 e. The summed E-state index contributed by atoms with van der Waals surface area (Å²) in [6.45, 7) is 0.791. The molecule has 0 saturated carbocycles. The van der Waals surface area contributed by atoms with Crippen LogP contribution in [0.2, 0.25) is 0 Å². The third-order valence-electron chi connectivity index (χ3n) is 4.14. The van der Waals surface area contributed by atoms with Crippen molar-refractivity contribution in [3.05, 3.63) is 59.2 Å². The number of rotatable bonds is 1. The average molecular weight is 297 g/mol. The van der Waals surface area contributed by atoms with Gasteiger partial charge in [-0.25, -0.2) is 0 Å². The van der Waals surface area contributed by atoms with Crippen molar-refractivity contribution >= 4 is 17.7 Å². The summed E-state index contributed by atoms with van der Waals surface area (Å²) >= 11 is 1.74. The van der Waals surface area contributed by atoms with E-state index in [0.717, 1.165) is 29.2 Å². The molecule has 2 heterocycles. The van der Waals surface area contributed by atoms with Crippen molar-refractivity contribution in [3.8, 4) is 5.75 Å². The normalized spacial score (nSPS) is 19.6. The number of thioether (sulfide) groups is 1. The topological polar surface area (TPSA) is 29.5 Å². The molecule has 106 valence electrons. The van der Waals surface area contributed by atoms with Gasteiger partial charge in [-0.2, -0.15) is 0 Å². The molecule has 2 aromatic carbocycles.